The number of benzene rings is 2. The molecule has 0 radical (unpaired) electrons. The molecule has 1 aliphatic rings. The molecule has 120 valence electrons. The van der Waals surface area contributed by atoms with E-state index in [1.54, 1.807) is 0 Å². The average Bonchev–Trinajstić information content (AvgIpc) is 3.38. The van der Waals surface area contributed by atoms with Crippen LogP contribution >= 0.6 is 0 Å². The molecule has 0 heterocycles. The van der Waals surface area contributed by atoms with Crippen molar-refractivity contribution in [1.82, 2.24) is 5.32 Å². The first-order valence-electron chi connectivity index (χ1n) is 8.70. The molecule has 1 amide bonds. The Bertz CT molecular complexity index is 623. The first-order chi connectivity index (χ1) is 11.3. The van der Waals surface area contributed by atoms with E-state index in [9.17, 15) is 4.79 Å². The topological polar surface area (TPSA) is 29.1 Å². The molecule has 1 saturated carbocycles. The van der Waals surface area contributed by atoms with Gasteiger partial charge in [0.15, 0.2) is 0 Å². The zero-order valence-electron chi connectivity index (χ0n) is 13.7. The van der Waals surface area contributed by atoms with Crippen LogP contribution in [-0.4, -0.2) is 5.91 Å². The van der Waals surface area contributed by atoms with Crippen molar-refractivity contribution in [2.75, 3.05) is 0 Å². The van der Waals surface area contributed by atoms with Crippen LogP contribution in [0.4, 0.5) is 0 Å². The Hall–Kier alpha value is -2.09. The molecule has 2 heteroatoms. The van der Waals surface area contributed by atoms with Gasteiger partial charge in [0.2, 0.25) is 0 Å². The Morgan fingerprint density at radius 2 is 1.74 bits per heavy atom. The van der Waals surface area contributed by atoms with E-state index in [4.69, 9.17) is 0 Å². The van der Waals surface area contributed by atoms with Crippen molar-refractivity contribution in [3.8, 4) is 0 Å². The number of carbonyl (C=O) groups excluding carboxylic acids is 1. The summed E-state index contributed by atoms with van der Waals surface area (Å²) in [5, 5.41) is 3.28. The maximum atomic E-state index is 12.6. The highest BCUT2D eigenvalue weighted by atomic mass is 16.1. The SMILES string of the molecule is CCCC[C@@H]1C[C@@H]1C(NC(=O)c1ccccc1)c1ccccc1. The van der Waals surface area contributed by atoms with Gasteiger partial charge in [0.25, 0.3) is 5.91 Å². The van der Waals surface area contributed by atoms with Gasteiger partial charge in [0.05, 0.1) is 6.04 Å². The molecule has 0 aromatic heterocycles. The number of hydrogen-bond acceptors (Lipinski definition) is 1. The quantitative estimate of drug-likeness (QED) is 0.767. The van der Waals surface area contributed by atoms with Gasteiger partial charge in [0, 0.05) is 5.56 Å². The van der Waals surface area contributed by atoms with Crippen molar-refractivity contribution in [3.05, 3.63) is 71.8 Å². The van der Waals surface area contributed by atoms with E-state index in [-0.39, 0.29) is 11.9 Å². The molecule has 2 aromatic carbocycles. The third kappa shape index (κ3) is 4.01. The lowest BCUT2D eigenvalue weighted by atomic mass is 9.99. The summed E-state index contributed by atoms with van der Waals surface area (Å²) in [7, 11) is 0. The first kappa shape index (κ1) is 15.8. The van der Waals surface area contributed by atoms with Crippen LogP contribution in [0.3, 0.4) is 0 Å². The maximum absolute atomic E-state index is 12.6. The Labute approximate surface area is 138 Å². The van der Waals surface area contributed by atoms with Crippen LogP contribution in [0.1, 0.15) is 54.6 Å². The minimum Gasteiger partial charge on any atom is -0.345 e. The summed E-state index contributed by atoms with van der Waals surface area (Å²) < 4.78 is 0. The van der Waals surface area contributed by atoms with Crippen molar-refractivity contribution in [1.29, 1.82) is 0 Å². The van der Waals surface area contributed by atoms with Crippen LogP contribution in [-0.2, 0) is 0 Å². The normalized spacial score (nSPS) is 20.7. The third-order valence-electron chi connectivity index (χ3n) is 4.82. The lowest BCUT2D eigenvalue weighted by Crippen LogP contribution is -2.30. The average molecular weight is 307 g/mol. The minimum atomic E-state index is 0.0283. The van der Waals surface area contributed by atoms with Crippen LogP contribution in [0.5, 0.6) is 0 Å². The standard InChI is InChI=1S/C21H25NO/c1-2-3-10-18-15-19(18)20(16-11-6-4-7-12-16)22-21(23)17-13-8-5-9-14-17/h4-9,11-14,18-20H,2-3,10,15H2,1H3,(H,22,23)/t18-,19+,20?/m1/s1. The van der Waals surface area contributed by atoms with E-state index in [1.165, 1.54) is 31.2 Å². The molecule has 0 aliphatic heterocycles. The molecule has 1 unspecified atom stereocenters. The zero-order valence-corrected chi connectivity index (χ0v) is 13.7. The predicted molar refractivity (Wildman–Crippen MR) is 94.2 cm³/mol. The van der Waals surface area contributed by atoms with Crippen molar-refractivity contribution in [2.24, 2.45) is 11.8 Å². The lowest BCUT2D eigenvalue weighted by Gasteiger charge is -2.20. The number of unbranched alkanes of at least 4 members (excludes halogenated alkanes) is 1. The fourth-order valence-corrected chi connectivity index (χ4v) is 3.39. The van der Waals surface area contributed by atoms with Gasteiger partial charge in [-0.1, -0.05) is 74.7 Å². The van der Waals surface area contributed by atoms with E-state index >= 15 is 0 Å². The molecular formula is C21H25NO. The molecule has 3 atom stereocenters. The molecule has 3 rings (SSSR count). The molecule has 23 heavy (non-hydrogen) atoms. The van der Waals surface area contributed by atoms with E-state index in [0.29, 0.717) is 5.92 Å². The predicted octanol–water partition coefficient (Wildman–Crippen LogP) is 4.98. The molecule has 0 bridgehead atoms. The van der Waals surface area contributed by atoms with E-state index in [0.717, 1.165) is 11.5 Å². The molecule has 1 N–H and O–H groups in total. The number of carbonyl (C=O) groups is 1. The van der Waals surface area contributed by atoms with Crippen molar-refractivity contribution in [2.45, 2.75) is 38.6 Å². The number of rotatable bonds is 7. The smallest absolute Gasteiger partial charge is 0.251 e. The highest BCUT2D eigenvalue weighted by molar-refractivity contribution is 5.94. The largest absolute Gasteiger partial charge is 0.345 e. The van der Waals surface area contributed by atoms with Crippen LogP contribution in [0.15, 0.2) is 60.7 Å². The minimum absolute atomic E-state index is 0.0283. The molecule has 1 aliphatic carbocycles. The first-order valence-corrected chi connectivity index (χ1v) is 8.70. The molecule has 0 spiro atoms. The van der Waals surface area contributed by atoms with E-state index in [1.807, 2.05) is 36.4 Å². The molecule has 1 fully saturated rings. The second kappa shape index (κ2) is 7.45. The van der Waals surface area contributed by atoms with Gasteiger partial charge in [-0.15, -0.1) is 0 Å². The van der Waals surface area contributed by atoms with Gasteiger partial charge in [0.1, 0.15) is 0 Å². The second-order valence-electron chi connectivity index (χ2n) is 6.53. The van der Waals surface area contributed by atoms with Gasteiger partial charge in [-0.25, -0.2) is 0 Å². The highest BCUT2D eigenvalue weighted by Crippen LogP contribution is 2.50. The summed E-state index contributed by atoms with van der Waals surface area (Å²) in [6.07, 6.45) is 5.05. The van der Waals surface area contributed by atoms with Crippen LogP contribution < -0.4 is 5.32 Å². The summed E-state index contributed by atoms with van der Waals surface area (Å²) in [5.74, 6) is 1.37. The number of hydrogen-bond donors (Lipinski definition) is 1. The number of nitrogens with one attached hydrogen (secondary N) is 1. The summed E-state index contributed by atoms with van der Waals surface area (Å²) in [6.45, 7) is 2.24. The molecule has 2 nitrogen and oxygen atoms in total. The van der Waals surface area contributed by atoms with Crippen molar-refractivity contribution < 1.29 is 4.79 Å². The monoisotopic (exact) mass is 307 g/mol. The van der Waals surface area contributed by atoms with Gasteiger partial charge in [-0.3, -0.25) is 4.79 Å². The summed E-state index contributed by atoms with van der Waals surface area (Å²) in [5.41, 5.74) is 1.96. The Kier molecular flexibility index (Phi) is 5.12. The van der Waals surface area contributed by atoms with Gasteiger partial charge in [-0.2, -0.15) is 0 Å². The summed E-state index contributed by atoms with van der Waals surface area (Å²) >= 11 is 0. The fourth-order valence-electron chi connectivity index (χ4n) is 3.39. The van der Waals surface area contributed by atoms with Crippen molar-refractivity contribution >= 4 is 5.91 Å². The summed E-state index contributed by atoms with van der Waals surface area (Å²) in [4.78, 5) is 12.6. The maximum Gasteiger partial charge on any atom is 0.251 e. The second-order valence-corrected chi connectivity index (χ2v) is 6.53. The van der Waals surface area contributed by atoms with Crippen LogP contribution in [0, 0.1) is 11.8 Å². The highest BCUT2D eigenvalue weighted by Gasteiger charge is 2.43. The Morgan fingerprint density at radius 3 is 2.39 bits per heavy atom. The van der Waals surface area contributed by atoms with Crippen LogP contribution in [0.2, 0.25) is 0 Å². The zero-order chi connectivity index (χ0) is 16.1. The van der Waals surface area contributed by atoms with E-state index < -0.39 is 0 Å². The molecule has 2 aromatic rings. The number of amides is 1. The van der Waals surface area contributed by atoms with Gasteiger partial charge in [-0.05, 0) is 36.0 Å². The molecule has 0 saturated heterocycles. The van der Waals surface area contributed by atoms with Crippen LogP contribution in [0.25, 0.3) is 0 Å². The lowest BCUT2D eigenvalue weighted by molar-refractivity contribution is 0.0930. The Balaban J connectivity index is 1.73. The fraction of sp³-hybridized carbons (Fsp3) is 0.381. The Morgan fingerprint density at radius 1 is 1.09 bits per heavy atom. The third-order valence-corrected chi connectivity index (χ3v) is 4.82. The van der Waals surface area contributed by atoms with Gasteiger partial charge < -0.3 is 5.32 Å². The van der Waals surface area contributed by atoms with E-state index in [2.05, 4.69) is 36.5 Å². The molecular weight excluding hydrogens is 282 g/mol. The summed E-state index contributed by atoms with van der Waals surface area (Å²) in [6, 6.07) is 20.0. The van der Waals surface area contributed by atoms with Crippen molar-refractivity contribution in [3.63, 3.8) is 0 Å². The van der Waals surface area contributed by atoms with Gasteiger partial charge >= 0.3 is 0 Å².